The van der Waals surface area contributed by atoms with E-state index >= 15 is 0 Å². The highest BCUT2D eigenvalue weighted by molar-refractivity contribution is 7.15. The smallest absolute Gasteiger partial charge is 0.258 e. The van der Waals surface area contributed by atoms with Crippen LogP contribution in [-0.2, 0) is 13.0 Å². The van der Waals surface area contributed by atoms with Gasteiger partial charge < -0.3 is 0 Å². The Labute approximate surface area is 188 Å². The van der Waals surface area contributed by atoms with Gasteiger partial charge in [-0.1, -0.05) is 78.9 Å². The van der Waals surface area contributed by atoms with Gasteiger partial charge in [-0.25, -0.2) is 9.67 Å². The van der Waals surface area contributed by atoms with E-state index in [0.717, 1.165) is 22.6 Å². The molecule has 0 spiro atoms. The Morgan fingerprint density at radius 3 is 2.50 bits per heavy atom. The molecule has 3 heterocycles. The molecule has 158 valence electrons. The van der Waals surface area contributed by atoms with Gasteiger partial charge >= 0.3 is 0 Å². The number of hydrogen-bond donors (Lipinski definition) is 1. The molecule has 3 aromatic heterocycles. The molecule has 0 aliphatic carbocycles. The number of hydrogen-bond acceptors (Lipinski definition) is 6. The first-order valence-corrected chi connectivity index (χ1v) is 11.1. The summed E-state index contributed by atoms with van der Waals surface area (Å²) in [4.78, 5) is 18.1. The highest BCUT2D eigenvalue weighted by Gasteiger charge is 2.19. The summed E-state index contributed by atoms with van der Waals surface area (Å²) in [5, 5.41) is 17.6. The number of carbonyl (C=O) groups is 1. The minimum Gasteiger partial charge on any atom is -0.296 e. The van der Waals surface area contributed by atoms with Crippen LogP contribution in [0, 0.1) is 0 Å². The monoisotopic (exact) mass is 440 g/mol. The second-order valence-electron chi connectivity index (χ2n) is 7.25. The van der Waals surface area contributed by atoms with Gasteiger partial charge in [-0.05, 0) is 18.1 Å². The number of carbonyl (C=O) groups excluding carboxylic acids is 1. The minimum atomic E-state index is -0.257. The van der Waals surface area contributed by atoms with Crippen molar-refractivity contribution in [1.29, 1.82) is 0 Å². The van der Waals surface area contributed by atoms with Crippen molar-refractivity contribution in [3.05, 3.63) is 89.1 Å². The van der Waals surface area contributed by atoms with Crippen molar-refractivity contribution in [2.45, 2.75) is 19.9 Å². The fourth-order valence-corrected chi connectivity index (χ4v) is 4.15. The van der Waals surface area contributed by atoms with Crippen LogP contribution in [0.3, 0.4) is 0 Å². The van der Waals surface area contributed by atoms with E-state index in [1.807, 2.05) is 78.3 Å². The van der Waals surface area contributed by atoms with Gasteiger partial charge in [0.2, 0.25) is 5.13 Å². The standard InChI is InChI=1S/C24H20N6OS/c1-2-21-28-29-24(32-21)27-23(31)18-13-20(17-11-7-4-8-12-17)26-22-19(18)14-25-30(22)15-16-9-5-3-6-10-16/h3-14H,2,15H2,1H3,(H,27,29,31). The molecular formula is C24H20N6OS. The Kier molecular flexibility index (Phi) is 5.43. The first-order chi connectivity index (χ1) is 15.7. The van der Waals surface area contributed by atoms with Crippen LogP contribution in [0.15, 0.2) is 72.9 Å². The lowest BCUT2D eigenvalue weighted by molar-refractivity contribution is 0.102. The molecule has 8 heteroatoms. The van der Waals surface area contributed by atoms with Crippen molar-refractivity contribution < 1.29 is 4.79 Å². The van der Waals surface area contributed by atoms with Gasteiger partial charge in [-0.3, -0.25) is 10.1 Å². The molecule has 1 N–H and O–H groups in total. The molecule has 0 aliphatic rings. The first-order valence-electron chi connectivity index (χ1n) is 10.3. The third kappa shape index (κ3) is 4.00. The van der Waals surface area contributed by atoms with Crippen LogP contribution < -0.4 is 5.32 Å². The summed E-state index contributed by atoms with van der Waals surface area (Å²) in [6.45, 7) is 2.57. The van der Waals surface area contributed by atoms with Crippen molar-refractivity contribution in [2.24, 2.45) is 0 Å². The summed E-state index contributed by atoms with van der Waals surface area (Å²) in [6.07, 6.45) is 2.48. The summed E-state index contributed by atoms with van der Waals surface area (Å²) in [5.41, 5.74) is 3.91. The van der Waals surface area contributed by atoms with E-state index in [9.17, 15) is 4.79 Å². The summed E-state index contributed by atoms with van der Waals surface area (Å²) >= 11 is 1.38. The number of aryl methyl sites for hydroxylation is 1. The van der Waals surface area contributed by atoms with Crippen molar-refractivity contribution in [2.75, 3.05) is 5.32 Å². The molecule has 0 fully saturated rings. The molecule has 5 aromatic rings. The second-order valence-corrected chi connectivity index (χ2v) is 8.32. The third-order valence-electron chi connectivity index (χ3n) is 5.09. The highest BCUT2D eigenvalue weighted by atomic mass is 32.1. The molecule has 0 saturated heterocycles. The van der Waals surface area contributed by atoms with E-state index in [-0.39, 0.29) is 5.91 Å². The van der Waals surface area contributed by atoms with Crippen LogP contribution in [0.4, 0.5) is 5.13 Å². The summed E-state index contributed by atoms with van der Waals surface area (Å²) in [5.74, 6) is -0.257. The van der Waals surface area contributed by atoms with Gasteiger partial charge in [0.25, 0.3) is 5.91 Å². The van der Waals surface area contributed by atoms with Gasteiger partial charge in [-0.2, -0.15) is 5.10 Å². The zero-order chi connectivity index (χ0) is 21.9. The Morgan fingerprint density at radius 1 is 1.03 bits per heavy atom. The molecule has 5 rings (SSSR count). The van der Waals surface area contributed by atoms with E-state index in [2.05, 4.69) is 20.6 Å². The van der Waals surface area contributed by atoms with E-state index in [1.165, 1.54) is 11.3 Å². The van der Waals surface area contributed by atoms with Gasteiger partial charge in [-0.15, -0.1) is 10.2 Å². The van der Waals surface area contributed by atoms with Crippen LogP contribution in [-0.4, -0.2) is 30.9 Å². The lowest BCUT2D eigenvalue weighted by atomic mass is 10.1. The Balaban J connectivity index is 1.59. The maximum Gasteiger partial charge on any atom is 0.258 e. The van der Waals surface area contributed by atoms with E-state index in [4.69, 9.17) is 4.98 Å². The van der Waals surface area contributed by atoms with Crippen molar-refractivity contribution in [3.63, 3.8) is 0 Å². The zero-order valence-corrected chi connectivity index (χ0v) is 18.2. The average Bonchev–Trinajstić information content (AvgIpc) is 3.46. The highest BCUT2D eigenvalue weighted by Crippen LogP contribution is 2.26. The molecule has 0 radical (unpaired) electrons. The number of nitrogens with zero attached hydrogens (tertiary/aromatic N) is 5. The fraction of sp³-hybridized carbons (Fsp3) is 0.125. The van der Waals surface area contributed by atoms with Crippen LogP contribution in [0.1, 0.15) is 27.9 Å². The minimum absolute atomic E-state index is 0.257. The second kappa shape index (κ2) is 8.68. The molecule has 1 amide bonds. The number of pyridine rings is 1. The Hall–Kier alpha value is -3.91. The summed E-state index contributed by atoms with van der Waals surface area (Å²) < 4.78 is 1.83. The largest absolute Gasteiger partial charge is 0.296 e. The number of fused-ring (bicyclic) bond motifs is 1. The van der Waals surface area contributed by atoms with Crippen LogP contribution in [0.5, 0.6) is 0 Å². The predicted molar refractivity (Wildman–Crippen MR) is 126 cm³/mol. The van der Waals surface area contributed by atoms with E-state index in [1.54, 1.807) is 6.20 Å². The maximum absolute atomic E-state index is 13.2. The number of amides is 1. The average molecular weight is 441 g/mol. The van der Waals surface area contributed by atoms with Crippen LogP contribution >= 0.6 is 11.3 Å². The molecule has 2 aromatic carbocycles. The van der Waals surface area contributed by atoms with E-state index in [0.29, 0.717) is 34.0 Å². The number of nitrogens with one attached hydrogen (secondary N) is 1. The third-order valence-corrected chi connectivity index (χ3v) is 6.07. The van der Waals surface area contributed by atoms with E-state index < -0.39 is 0 Å². The molecule has 0 saturated carbocycles. The van der Waals surface area contributed by atoms with Gasteiger partial charge in [0.1, 0.15) is 5.01 Å². The molecule has 0 bridgehead atoms. The molecule has 32 heavy (non-hydrogen) atoms. The number of aromatic nitrogens is 5. The Bertz CT molecular complexity index is 1380. The molecule has 0 atom stereocenters. The Morgan fingerprint density at radius 2 is 1.78 bits per heavy atom. The molecule has 7 nitrogen and oxygen atoms in total. The lowest BCUT2D eigenvalue weighted by Gasteiger charge is -2.09. The van der Waals surface area contributed by atoms with Crippen LogP contribution in [0.2, 0.25) is 0 Å². The van der Waals surface area contributed by atoms with Crippen LogP contribution in [0.25, 0.3) is 22.3 Å². The maximum atomic E-state index is 13.2. The molecule has 0 unspecified atom stereocenters. The quantitative estimate of drug-likeness (QED) is 0.409. The summed E-state index contributed by atoms with van der Waals surface area (Å²) in [6, 6.07) is 21.7. The number of benzene rings is 2. The van der Waals surface area contributed by atoms with Crippen molar-refractivity contribution >= 4 is 33.4 Å². The number of rotatable bonds is 6. The van der Waals surface area contributed by atoms with Gasteiger partial charge in [0.05, 0.1) is 29.4 Å². The lowest BCUT2D eigenvalue weighted by Crippen LogP contribution is -2.13. The first kappa shape index (κ1) is 20.0. The zero-order valence-electron chi connectivity index (χ0n) is 17.4. The van der Waals surface area contributed by atoms with Gasteiger partial charge in [0.15, 0.2) is 5.65 Å². The molecule has 0 aliphatic heterocycles. The van der Waals surface area contributed by atoms with Crippen molar-refractivity contribution in [1.82, 2.24) is 25.0 Å². The van der Waals surface area contributed by atoms with Crippen molar-refractivity contribution in [3.8, 4) is 11.3 Å². The SMILES string of the molecule is CCc1nnc(NC(=O)c2cc(-c3ccccc3)nc3c2cnn3Cc2ccccc2)s1. The normalized spacial score (nSPS) is 11.0. The number of anilines is 1. The van der Waals surface area contributed by atoms with Gasteiger partial charge in [0, 0.05) is 5.56 Å². The predicted octanol–water partition coefficient (Wildman–Crippen LogP) is 4.81. The summed E-state index contributed by atoms with van der Waals surface area (Å²) in [7, 11) is 0. The topological polar surface area (TPSA) is 85.6 Å². The fourth-order valence-electron chi connectivity index (χ4n) is 3.48. The molecular weight excluding hydrogens is 420 g/mol.